The molecule has 0 bridgehead atoms. The molecule has 0 aliphatic carbocycles. The summed E-state index contributed by atoms with van der Waals surface area (Å²) < 4.78 is 0. The van der Waals surface area contributed by atoms with E-state index in [-0.39, 0.29) is 5.91 Å². The third kappa shape index (κ3) is 2.85. The molecule has 4 nitrogen and oxygen atoms in total. The maximum absolute atomic E-state index is 11.9. The minimum Gasteiger partial charge on any atom is -0.367 e. The van der Waals surface area contributed by atoms with Gasteiger partial charge in [-0.1, -0.05) is 0 Å². The molecule has 88 valence electrons. The largest absolute Gasteiger partial charge is 0.367 e. The van der Waals surface area contributed by atoms with E-state index in [4.69, 9.17) is 0 Å². The summed E-state index contributed by atoms with van der Waals surface area (Å²) >= 11 is 0. The van der Waals surface area contributed by atoms with E-state index in [9.17, 15) is 4.79 Å². The van der Waals surface area contributed by atoms with Crippen LogP contribution in [0.15, 0.2) is 18.5 Å². The normalized spacial score (nSPS) is 19.9. The van der Waals surface area contributed by atoms with Crippen LogP contribution in [0.2, 0.25) is 0 Å². The van der Waals surface area contributed by atoms with Crippen LogP contribution in [0.4, 0.5) is 0 Å². The third-order valence-electron chi connectivity index (χ3n) is 3.14. The molecule has 0 radical (unpaired) electrons. The van der Waals surface area contributed by atoms with Crippen LogP contribution in [0.25, 0.3) is 0 Å². The summed E-state index contributed by atoms with van der Waals surface area (Å²) in [6, 6.07) is 1.95. The van der Waals surface area contributed by atoms with Crippen molar-refractivity contribution in [2.75, 3.05) is 26.7 Å². The zero-order valence-corrected chi connectivity index (χ0v) is 9.70. The van der Waals surface area contributed by atoms with Gasteiger partial charge in [-0.15, -0.1) is 0 Å². The molecular formula is C12H19N3O. The van der Waals surface area contributed by atoms with Crippen molar-refractivity contribution in [3.8, 4) is 0 Å². The predicted octanol–water partition coefficient (Wildman–Crippen LogP) is 0.625. The molecule has 2 heterocycles. The Morgan fingerprint density at radius 1 is 1.62 bits per heavy atom. The van der Waals surface area contributed by atoms with Gasteiger partial charge < -0.3 is 15.2 Å². The second-order valence-corrected chi connectivity index (χ2v) is 4.53. The molecule has 1 aliphatic heterocycles. The first-order valence-corrected chi connectivity index (χ1v) is 5.82. The van der Waals surface area contributed by atoms with Crippen LogP contribution in [-0.4, -0.2) is 42.5 Å². The number of rotatable bonds is 4. The zero-order chi connectivity index (χ0) is 11.4. The van der Waals surface area contributed by atoms with Crippen LogP contribution in [0.1, 0.15) is 12.0 Å². The van der Waals surface area contributed by atoms with Crippen LogP contribution < -0.4 is 5.32 Å². The first kappa shape index (κ1) is 11.2. The summed E-state index contributed by atoms with van der Waals surface area (Å²) in [5.41, 5.74) is 1.06. The van der Waals surface area contributed by atoms with Gasteiger partial charge in [-0.2, -0.15) is 0 Å². The molecule has 1 amide bonds. The Morgan fingerprint density at radius 3 is 3.12 bits per heavy atom. The van der Waals surface area contributed by atoms with Crippen molar-refractivity contribution in [2.24, 2.45) is 5.92 Å². The summed E-state index contributed by atoms with van der Waals surface area (Å²) in [6.07, 6.45) is 5.41. The number of hydrogen-bond acceptors (Lipinski definition) is 2. The lowest BCUT2D eigenvalue weighted by Crippen LogP contribution is -2.33. The fraction of sp³-hybridized carbons (Fsp3) is 0.583. The van der Waals surface area contributed by atoms with Gasteiger partial charge in [0, 0.05) is 26.0 Å². The minimum absolute atomic E-state index is 0.200. The van der Waals surface area contributed by atoms with E-state index in [1.807, 2.05) is 30.4 Å². The number of carbonyl (C=O) groups is 1. The van der Waals surface area contributed by atoms with E-state index < -0.39 is 0 Å². The van der Waals surface area contributed by atoms with Gasteiger partial charge in [-0.25, -0.2) is 0 Å². The number of H-pyrrole nitrogens is 1. The second kappa shape index (κ2) is 5.16. The van der Waals surface area contributed by atoms with Gasteiger partial charge in [0.2, 0.25) is 5.91 Å². The van der Waals surface area contributed by atoms with Crippen molar-refractivity contribution in [2.45, 2.75) is 12.8 Å². The van der Waals surface area contributed by atoms with Crippen molar-refractivity contribution < 1.29 is 4.79 Å². The molecule has 0 spiro atoms. The molecule has 0 aromatic carbocycles. The SMILES string of the molecule is CN(CC1CCNC1)C(=O)Cc1cc[nH]c1. The number of amides is 1. The molecule has 0 saturated carbocycles. The van der Waals surface area contributed by atoms with Crippen LogP contribution in [-0.2, 0) is 11.2 Å². The van der Waals surface area contributed by atoms with Crippen molar-refractivity contribution in [1.82, 2.24) is 15.2 Å². The molecular weight excluding hydrogens is 202 g/mol. The first-order valence-electron chi connectivity index (χ1n) is 5.82. The van der Waals surface area contributed by atoms with E-state index >= 15 is 0 Å². The smallest absolute Gasteiger partial charge is 0.226 e. The second-order valence-electron chi connectivity index (χ2n) is 4.53. The highest BCUT2D eigenvalue weighted by Crippen LogP contribution is 2.10. The fourth-order valence-electron chi connectivity index (χ4n) is 2.14. The Kier molecular flexibility index (Phi) is 3.62. The zero-order valence-electron chi connectivity index (χ0n) is 9.70. The number of carbonyl (C=O) groups excluding carboxylic acids is 1. The average molecular weight is 221 g/mol. The van der Waals surface area contributed by atoms with Gasteiger partial charge in [0.05, 0.1) is 6.42 Å². The Bertz CT molecular complexity index is 328. The summed E-state index contributed by atoms with van der Waals surface area (Å²) in [5.74, 6) is 0.826. The summed E-state index contributed by atoms with van der Waals surface area (Å²) in [5, 5.41) is 3.32. The molecule has 2 rings (SSSR count). The van der Waals surface area contributed by atoms with Crippen molar-refractivity contribution in [1.29, 1.82) is 0 Å². The van der Waals surface area contributed by atoms with E-state index in [0.29, 0.717) is 12.3 Å². The Labute approximate surface area is 96.0 Å². The van der Waals surface area contributed by atoms with Gasteiger partial charge in [0.15, 0.2) is 0 Å². The lowest BCUT2D eigenvalue weighted by Gasteiger charge is -2.20. The van der Waals surface area contributed by atoms with Crippen molar-refractivity contribution in [3.05, 3.63) is 24.0 Å². The van der Waals surface area contributed by atoms with Crippen LogP contribution in [0, 0.1) is 5.92 Å². The molecule has 1 unspecified atom stereocenters. The first-order chi connectivity index (χ1) is 7.75. The number of aromatic nitrogens is 1. The molecule has 1 saturated heterocycles. The van der Waals surface area contributed by atoms with E-state index in [2.05, 4.69) is 10.3 Å². The molecule has 1 aromatic rings. The van der Waals surface area contributed by atoms with Gasteiger partial charge in [-0.3, -0.25) is 4.79 Å². The number of nitrogens with zero attached hydrogens (tertiary/aromatic N) is 1. The highest BCUT2D eigenvalue weighted by Gasteiger charge is 2.19. The minimum atomic E-state index is 0.200. The fourth-order valence-corrected chi connectivity index (χ4v) is 2.14. The number of aromatic amines is 1. The molecule has 16 heavy (non-hydrogen) atoms. The van der Waals surface area contributed by atoms with Crippen molar-refractivity contribution >= 4 is 5.91 Å². The number of likely N-dealkylation sites (N-methyl/N-ethyl adjacent to an activating group) is 1. The van der Waals surface area contributed by atoms with E-state index in [1.165, 1.54) is 6.42 Å². The van der Waals surface area contributed by atoms with Gasteiger partial charge in [0.1, 0.15) is 0 Å². The van der Waals surface area contributed by atoms with Crippen molar-refractivity contribution in [3.63, 3.8) is 0 Å². The lowest BCUT2D eigenvalue weighted by molar-refractivity contribution is -0.129. The van der Waals surface area contributed by atoms with Crippen LogP contribution in [0.3, 0.4) is 0 Å². The molecule has 4 heteroatoms. The topological polar surface area (TPSA) is 48.1 Å². The molecule has 2 N–H and O–H groups in total. The summed E-state index contributed by atoms with van der Waals surface area (Å²) in [6.45, 7) is 3.00. The van der Waals surface area contributed by atoms with E-state index in [1.54, 1.807) is 0 Å². The number of nitrogens with one attached hydrogen (secondary N) is 2. The molecule has 1 aromatic heterocycles. The van der Waals surface area contributed by atoms with Gasteiger partial charge in [-0.05, 0) is 37.1 Å². The van der Waals surface area contributed by atoms with Gasteiger partial charge in [0.25, 0.3) is 0 Å². The monoisotopic (exact) mass is 221 g/mol. The standard InChI is InChI=1S/C12H19N3O/c1-15(9-11-3-5-14-8-11)12(16)6-10-2-4-13-7-10/h2,4,7,11,13-14H,3,5-6,8-9H2,1H3. The highest BCUT2D eigenvalue weighted by molar-refractivity contribution is 5.78. The summed E-state index contributed by atoms with van der Waals surface area (Å²) in [7, 11) is 1.90. The maximum Gasteiger partial charge on any atom is 0.226 e. The average Bonchev–Trinajstić information content (AvgIpc) is 2.90. The summed E-state index contributed by atoms with van der Waals surface area (Å²) in [4.78, 5) is 16.7. The van der Waals surface area contributed by atoms with Gasteiger partial charge >= 0.3 is 0 Å². The van der Waals surface area contributed by atoms with Crippen LogP contribution in [0.5, 0.6) is 0 Å². The quantitative estimate of drug-likeness (QED) is 0.783. The molecule has 1 atom stereocenters. The highest BCUT2D eigenvalue weighted by atomic mass is 16.2. The molecule has 1 fully saturated rings. The number of hydrogen-bond donors (Lipinski definition) is 2. The third-order valence-corrected chi connectivity index (χ3v) is 3.14. The van der Waals surface area contributed by atoms with E-state index in [0.717, 1.165) is 25.2 Å². The predicted molar refractivity (Wildman–Crippen MR) is 63.1 cm³/mol. The Morgan fingerprint density at radius 2 is 2.50 bits per heavy atom. The molecule has 1 aliphatic rings. The Balaban J connectivity index is 1.79. The van der Waals surface area contributed by atoms with Crippen LogP contribution >= 0.6 is 0 Å². The maximum atomic E-state index is 11.9. The lowest BCUT2D eigenvalue weighted by atomic mass is 10.1. The Hall–Kier alpha value is -1.29.